The van der Waals surface area contributed by atoms with Gasteiger partial charge in [-0.1, -0.05) is 6.42 Å². The van der Waals surface area contributed by atoms with Crippen LogP contribution >= 0.6 is 0 Å². The molecule has 0 aromatic carbocycles. The molecule has 0 heterocycles. The van der Waals surface area contributed by atoms with Gasteiger partial charge < -0.3 is 9.47 Å². The first kappa shape index (κ1) is 15.8. The van der Waals surface area contributed by atoms with Crippen LogP contribution in [0.1, 0.15) is 52.4 Å². The molecule has 2 fully saturated rings. The van der Waals surface area contributed by atoms with E-state index < -0.39 is 0 Å². The lowest BCUT2D eigenvalue weighted by Gasteiger charge is -2.30. The average Bonchev–Trinajstić information content (AvgIpc) is 3.14. The Bertz CT molecular complexity index is 336. The molecule has 4 nitrogen and oxygen atoms in total. The molecule has 0 radical (unpaired) electrons. The van der Waals surface area contributed by atoms with Crippen LogP contribution in [0.3, 0.4) is 0 Å². The number of nitrogens with zero attached hydrogens (tertiary/aromatic N) is 1. The molecule has 1 N–H and O–H groups in total. The minimum absolute atomic E-state index is 0.266. The molecule has 0 aliphatic heterocycles. The third kappa shape index (κ3) is 4.44. The summed E-state index contributed by atoms with van der Waals surface area (Å²) in [4.78, 5) is 0. The van der Waals surface area contributed by atoms with Gasteiger partial charge in [0.15, 0.2) is 0 Å². The Kier molecular flexibility index (Phi) is 5.83. The van der Waals surface area contributed by atoms with E-state index in [1.165, 1.54) is 12.8 Å². The van der Waals surface area contributed by atoms with E-state index >= 15 is 0 Å². The maximum atomic E-state index is 9.59. The van der Waals surface area contributed by atoms with Crippen LogP contribution < -0.4 is 5.32 Å². The summed E-state index contributed by atoms with van der Waals surface area (Å²) in [6.07, 6.45) is 7.03. The van der Waals surface area contributed by atoms with E-state index in [2.05, 4.69) is 11.4 Å². The van der Waals surface area contributed by atoms with Crippen molar-refractivity contribution in [2.45, 2.75) is 70.1 Å². The molecule has 0 amide bonds. The van der Waals surface area contributed by atoms with Gasteiger partial charge in [-0.2, -0.15) is 5.26 Å². The Balaban J connectivity index is 1.67. The summed E-state index contributed by atoms with van der Waals surface area (Å²) in [6.45, 7) is 6.11. The maximum Gasteiger partial charge on any atom is 0.109 e. The molecule has 2 aliphatic carbocycles. The Morgan fingerprint density at radius 3 is 2.70 bits per heavy atom. The van der Waals surface area contributed by atoms with E-state index in [1.54, 1.807) is 0 Å². The van der Waals surface area contributed by atoms with Crippen LogP contribution in [-0.2, 0) is 9.47 Å². The lowest BCUT2D eigenvalue weighted by atomic mass is 9.86. The van der Waals surface area contributed by atoms with Crippen molar-refractivity contribution < 1.29 is 9.47 Å². The molecule has 0 spiro atoms. The van der Waals surface area contributed by atoms with Crippen molar-refractivity contribution in [1.29, 1.82) is 5.26 Å². The van der Waals surface area contributed by atoms with Crippen molar-refractivity contribution in [2.24, 2.45) is 5.92 Å². The summed E-state index contributed by atoms with van der Waals surface area (Å²) < 4.78 is 11.1. The van der Waals surface area contributed by atoms with Crippen LogP contribution in [0.5, 0.6) is 0 Å². The summed E-state index contributed by atoms with van der Waals surface area (Å²) >= 11 is 0. The second kappa shape index (κ2) is 7.40. The van der Waals surface area contributed by atoms with Crippen molar-refractivity contribution in [1.82, 2.24) is 5.32 Å². The average molecular weight is 280 g/mol. The lowest BCUT2D eigenvalue weighted by molar-refractivity contribution is 0.0150. The SMILES string of the molecule is CC(C)OCCOCCC1CCCC1(C#N)NC1CC1. The highest BCUT2D eigenvalue weighted by Gasteiger charge is 2.45. The molecule has 2 rings (SSSR count). The summed E-state index contributed by atoms with van der Waals surface area (Å²) in [5, 5.41) is 13.2. The molecule has 114 valence electrons. The summed E-state index contributed by atoms with van der Waals surface area (Å²) in [7, 11) is 0. The Labute approximate surface area is 122 Å². The zero-order valence-corrected chi connectivity index (χ0v) is 12.9. The number of nitriles is 1. The van der Waals surface area contributed by atoms with Crippen molar-refractivity contribution >= 4 is 0 Å². The number of nitrogens with one attached hydrogen (secondary N) is 1. The monoisotopic (exact) mass is 280 g/mol. The molecule has 2 unspecified atom stereocenters. The molecule has 2 saturated carbocycles. The van der Waals surface area contributed by atoms with E-state index in [4.69, 9.17) is 9.47 Å². The summed E-state index contributed by atoms with van der Waals surface area (Å²) in [6, 6.07) is 3.17. The van der Waals surface area contributed by atoms with Gasteiger partial charge in [-0.15, -0.1) is 0 Å². The fourth-order valence-corrected chi connectivity index (χ4v) is 3.10. The predicted molar refractivity (Wildman–Crippen MR) is 78.4 cm³/mol. The molecule has 0 saturated heterocycles. The molecular formula is C16H28N2O2. The first-order valence-corrected chi connectivity index (χ1v) is 8.04. The fourth-order valence-electron chi connectivity index (χ4n) is 3.10. The van der Waals surface area contributed by atoms with Gasteiger partial charge in [0.2, 0.25) is 0 Å². The van der Waals surface area contributed by atoms with E-state index in [0.717, 1.165) is 32.3 Å². The van der Waals surface area contributed by atoms with Crippen molar-refractivity contribution in [3.63, 3.8) is 0 Å². The minimum atomic E-state index is -0.279. The quantitative estimate of drug-likeness (QED) is 0.660. The molecule has 20 heavy (non-hydrogen) atoms. The highest BCUT2D eigenvalue weighted by atomic mass is 16.5. The largest absolute Gasteiger partial charge is 0.379 e. The Hall–Kier alpha value is -0.630. The van der Waals surface area contributed by atoms with Gasteiger partial charge in [0.05, 0.1) is 25.4 Å². The zero-order chi connectivity index (χ0) is 14.4. The van der Waals surface area contributed by atoms with Gasteiger partial charge in [0.25, 0.3) is 0 Å². The molecule has 2 aliphatic rings. The Morgan fingerprint density at radius 2 is 2.05 bits per heavy atom. The van der Waals surface area contributed by atoms with Crippen LogP contribution in [0.15, 0.2) is 0 Å². The van der Waals surface area contributed by atoms with Crippen LogP contribution in [0, 0.1) is 17.2 Å². The molecule has 0 aromatic rings. The predicted octanol–water partition coefficient (Wildman–Crippen LogP) is 2.63. The Morgan fingerprint density at radius 1 is 1.25 bits per heavy atom. The number of rotatable bonds is 9. The van der Waals surface area contributed by atoms with Gasteiger partial charge in [0.1, 0.15) is 5.54 Å². The third-order valence-electron chi connectivity index (χ3n) is 4.35. The van der Waals surface area contributed by atoms with Gasteiger partial charge in [0, 0.05) is 12.6 Å². The van der Waals surface area contributed by atoms with Crippen molar-refractivity contribution in [3.8, 4) is 6.07 Å². The smallest absolute Gasteiger partial charge is 0.109 e. The lowest BCUT2D eigenvalue weighted by Crippen LogP contribution is -2.48. The van der Waals surface area contributed by atoms with Crippen LogP contribution in [0.2, 0.25) is 0 Å². The number of ether oxygens (including phenoxy) is 2. The minimum Gasteiger partial charge on any atom is -0.379 e. The van der Waals surface area contributed by atoms with Gasteiger partial charge >= 0.3 is 0 Å². The van der Waals surface area contributed by atoms with E-state index in [1.807, 2.05) is 13.8 Å². The fraction of sp³-hybridized carbons (Fsp3) is 0.938. The highest BCUT2D eigenvalue weighted by Crippen LogP contribution is 2.40. The second-order valence-electron chi connectivity index (χ2n) is 6.41. The van der Waals surface area contributed by atoms with Crippen molar-refractivity contribution in [2.75, 3.05) is 19.8 Å². The van der Waals surface area contributed by atoms with E-state index in [9.17, 15) is 5.26 Å². The highest BCUT2D eigenvalue weighted by molar-refractivity contribution is 5.16. The maximum absolute atomic E-state index is 9.59. The molecular weight excluding hydrogens is 252 g/mol. The van der Waals surface area contributed by atoms with Gasteiger partial charge in [-0.05, 0) is 51.9 Å². The topological polar surface area (TPSA) is 54.3 Å². The van der Waals surface area contributed by atoms with Crippen molar-refractivity contribution in [3.05, 3.63) is 0 Å². The molecule has 2 atom stereocenters. The van der Waals surface area contributed by atoms with Crippen LogP contribution in [0.4, 0.5) is 0 Å². The first-order chi connectivity index (χ1) is 9.66. The molecule has 0 bridgehead atoms. The second-order valence-corrected chi connectivity index (χ2v) is 6.41. The van der Waals surface area contributed by atoms with Gasteiger partial charge in [-0.25, -0.2) is 0 Å². The third-order valence-corrected chi connectivity index (χ3v) is 4.35. The number of hydrogen-bond acceptors (Lipinski definition) is 4. The normalized spacial score (nSPS) is 29.8. The van der Waals surface area contributed by atoms with E-state index in [-0.39, 0.29) is 11.6 Å². The molecule has 0 aromatic heterocycles. The summed E-state index contributed by atoms with van der Waals surface area (Å²) in [5.74, 6) is 0.444. The van der Waals surface area contributed by atoms with Gasteiger partial charge in [-0.3, -0.25) is 5.32 Å². The van der Waals surface area contributed by atoms with E-state index in [0.29, 0.717) is 25.2 Å². The van der Waals surface area contributed by atoms with Crippen LogP contribution in [-0.4, -0.2) is 37.5 Å². The first-order valence-electron chi connectivity index (χ1n) is 8.04. The number of hydrogen-bond donors (Lipinski definition) is 1. The molecule has 4 heteroatoms. The van der Waals surface area contributed by atoms with Crippen LogP contribution in [0.25, 0.3) is 0 Å². The standard InChI is InChI=1S/C16H28N2O2/c1-13(2)20-11-10-19-9-7-14-4-3-8-16(14,12-17)18-15-5-6-15/h13-15,18H,3-11H2,1-2H3. The summed E-state index contributed by atoms with van der Waals surface area (Å²) in [5.41, 5.74) is -0.279. The zero-order valence-electron chi connectivity index (χ0n) is 12.9.